The summed E-state index contributed by atoms with van der Waals surface area (Å²) in [5.41, 5.74) is 4.40. The predicted molar refractivity (Wildman–Crippen MR) is 54.5 cm³/mol. The van der Waals surface area contributed by atoms with Gasteiger partial charge in [0.15, 0.2) is 0 Å². The Morgan fingerprint density at radius 1 is 0.882 bits per heavy atom. The molecule has 1 amide bonds. The van der Waals surface area contributed by atoms with Crippen LogP contribution in [0.1, 0.15) is 0 Å². The molecule has 17 heavy (non-hydrogen) atoms. The van der Waals surface area contributed by atoms with Gasteiger partial charge in [0.25, 0.3) is 0 Å². The second-order valence-electron chi connectivity index (χ2n) is 3.11. The zero-order valence-corrected chi connectivity index (χ0v) is 9.05. The van der Waals surface area contributed by atoms with E-state index in [1.165, 1.54) is 0 Å². The summed E-state index contributed by atoms with van der Waals surface area (Å²) in [6, 6.07) is 0. The molecule has 4 atom stereocenters. The van der Waals surface area contributed by atoms with E-state index in [1.807, 2.05) is 0 Å². The first kappa shape index (κ1) is 18.6. The molecule has 0 radical (unpaired) electrons. The molecule has 0 bridgehead atoms. The van der Waals surface area contributed by atoms with Gasteiger partial charge in [0.2, 0.25) is 5.91 Å². The van der Waals surface area contributed by atoms with E-state index in [9.17, 15) is 4.79 Å². The standard InChI is InChI=1S/C6H14O6.C2H5NO2/c7-1-3(9)5(11)6(12)4(10)2-8;3-2(5)1-4/h3-12H,1-2H2;4H,1H2,(H2,3,5). The van der Waals surface area contributed by atoms with Crippen LogP contribution in [0.2, 0.25) is 0 Å². The Balaban J connectivity index is 0. The molecule has 0 fully saturated rings. The lowest BCUT2D eigenvalue weighted by Gasteiger charge is -2.24. The van der Waals surface area contributed by atoms with E-state index in [4.69, 9.17) is 35.7 Å². The summed E-state index contributed by atoms with van der Waals surface area (Å²) in [6.45, 7) is -2.01. The first-order chi connectivity index (χ1) is 7.81. The molecule has 4 unspecified atom stereocenters. The minimum Gasteiger partial charge on any atom is -0.394 e. The molecule has 0 aromatic heterocycles. The lowest BCUT2D eigenvalue weighted by Crippen LogP contribution is -2.46. The third-order valence-corrected chi connectivity index (χ3v) is 1.67. The largest absolute Gasteiger partial charge is 0.394 e. The summed E-state index contributed by atoms with van der Waals surface area (Å²) >= 11 is 0. The molecule has 0 saturated heterocycles. The highest BCUT2D eigenvalue weighted by Gasteiger charge is 2.29. The van der Waals surface area contributed by atoms with Gasteiger partial charge in [-0.2, -0.15) is 0 Å². The van der Waals surface area contributed by atoms with Gasteiger partial charge in [-0.15, -0.1) is 0 Å². The van der Waals surface area contributed by atoms with Crippen LogP contribution in [0.5, 0.6) is 0 Å². The van der Waals surface area contributed by atoms with Crippen LogP contribution >= 0.6 is 0 Å². The fraction of sp³-hybridized carbons (Fsp3) is 0.875. The minimum absolute atomic E-state index is 0.556. The van der Waals surface area contributed by atoms with Gasteiger partial charge in [-0.25, -0.2) is 0 Å². The molecule has 9 heteroatoms. The van der Waals surface area contributed by atoms with E-state index >= 15 is 0 Å². The van der Waals surface area contributed by atoms with E-state index in [0.717, 1.165) is 0 Å². The zero-order valence-electron chi connectivity index (χ0n) is 9.05. The average molecular weight is 257 g/mol. The monoisotopic (exact) mass is 257 g/mol. The quantitative estimate of drug-likeness (QED) is 0.232. The van der Waals surface area contributed by atoms with Crippen molar-refractivity contribution in [2.75, 3.05) is 19.8 Å². The Morgan fingerprint density at radius 3 is 1.24 bits per heavy atom. The maximum absolute atomic E-state index is 9.34. The number of amides is 1. The summed E-state index contributed by atoms with van der Waals surface area (Å²) in [4.78, 5) is 9.34. The molecule has 0 heterocycles. The Labute approximate surface area is 97.4 Å². The highest BCUT2D eigenvalue weighted by atomic mass is 16.4. The molecule has 0 aliphatic rings. The molecule has 0 spiro atoms. The Kier molecular flexibility index (Phi) is 11.3. The first-order valence-electron chi connectivity index (χ1n) is 4.64. The Bertz CT molecular complexity index is 188. The topological polar surface area (TPSA) is 185 Å². The highest BCUT2D eigenvalue weighted by Crippen LogP contribution is 2.03. The van der Waals surface area contributed by atoms with Crippen molar-refractivity contribution in [1.29, 1.82) is 0 Å². The maximum Gasteiger partial charge on any atom is 0.243 e. The van der Waals surface area contributed by atoms with Gasteiger partial charge in [-0.3, -0.25) is 4.79 Å². The van der Waals surface area contributed by atoms with E-state index < -0.39 is 50.1 Å². The Morgan fingerprint density at radius 2 is 1.12 bits per heavy atom. The molecule has 0 aliphatic carbocycles. The zero-order chi connectivity index (χ0) is 14.0. The summed E-state index contributed by atoms with van der Waals surface area (Å²) < 4.78 is 0. The van der Waals surface area contributed by atoms with Gasteiger partial charge >= 0.3 is 0 Å². The molecule has 0 aromatic carbocycles. The van der Waals surface area contributed by atoms with Crippen molar-refractivity contribution in [1.82, 2.24) is 0 Å². The molecule has 0 rings (SSSR count). The van der Waals surface area contributed by atoms with Gasteiger partial charge in [0.1, 0.15) is 31.0 Å². The average Bonchev–Trinajstić information content (AvgIpc) is 2.35. The lowest BCUT2D eigenvalue weighted by atomic mass is 10.0. The van der Waals surface area contributed by atoms with Gasteiger partial charge in [0, 0.05) is 0 Å². The molecule has 9 N–H and O–H groups in total. The molecule has 9 nitrogen and oxygen atoms in total. The molecule has 0 aromatic rings. The van der Waals surface area contributed by atoms with Crippen LogP contribution in [0, 0.1) is 0 Å². The third kappa shape index (κ3) is 8.94. The van der Waals surface area contributed by atoms with Crippen molar-refractivity contribution >= 4 is 5.91 Å². The number of carbonyl (C=O) groups excluding carboxylic acids is 1. The van der Waals surface area contributed by atoms with Crippen LogP contribution in [0.3, 0.4) is 0 Å². The first-order valence-corrected chi connectivity index (χ1v) is 4.64. The number of hydrogen-bond donors (Lipinski definition) is 8. The van der Waals surface area contributed by atoms with E-state index in [-0.39, 0.29) is 0 Å². The number of aliphatic hydroxyl groups excluding tert-OH is 7. The summed E-state index contributed by atoms with van der Waals surface area (Å²) in [5, 5.41) is 59.8. The minimum atomic E-state index is -1.67. The number of carbonyl (C=O) groups is 1. The maximum atomic E-state index is 9.34. The van der Waals surface area contributed by atoms with Crippen LogP contribution in [0.15, 0.2) is 0 Å². The fourth-order valence-corrected chi connectivity index (χ4v) is 0.671. The van der Waals surface area contributed by atoms with Gasteiger partial charge < -0.3 is 41.5 Å². The van der Waals surface area contributed by atoms with Crippen molar-refractivity contribution in [3.05, 3.63) is 0 Å². The number of nitrogens with two attached hydrogens (primary N) is 1. The molecule has 0 aliphatic heterocycles. The lowest BCUT2D eigenvalue weighted by molar-refractivity contribution is -0.123. The van der Waals surface area contributed by atoms with Crippen LogP contribution in [-0.4, -0.2) is 85.9 Å². The predicted octanol–water partition coefficient (Wildman–Crippen LogP) is -5.12. The smallest absolute Gasteiger partial charge is 0.243 e. The number of rotatable bonds is 6. The van der Waals surface area contributed by atoms with Crippen molar-refractivity contribution in [3.8, 4) is 0 Å². The van der Waals surface area contributed by atoms with Crippen LogP contribution in [-0.2, 0) is 4.79 Å². The number of hydrogen-bond acceptors (Lipinski definition) is 8. The summed E-state index contributed by atoms with van der Waals surface area (Å²) in [5.74, 6) is -0.690. The van der Waals surface area contributed by atoms with Gasteiger partial charge in [-0.1, -0.05) is 0 Å². The second kappa shape index (κ2) is 10.4. The SMILES string of the molecule is NC(=O)CO.OCC(O)C(O)C(O)C(O)CO. The highest BCUT2D eigenvalue weighted by molar-refractivity contribution is 5.74. The van der Waals surface area contributed by atoms with Crippen LogP contribution < -0.4 is 5.73 Å². The van der Waals surface area contributed by atoms with Gasteiger partial charge in [0.05, 0.1) is 13.2 Å². The number of primary amides is 1. The van der Waals surface area contributed by atoms with Crippen LogP contribution in [0.4, 0.5) is 0 Å². The molecule has 0 saturated carbocycles. The Hall–Kier alpha value is -0.810. The molecular weight excluding hydrogens is 238 g/mol. The normalized spacial score (nSPS) is 17.4. The molecular formula is C8H19NO8. The van der Waals surface area contributed by atoms with Crippen LogP contribution in [0.25, 0.3) is 0 Å². The molecule has 104 valence electrons. The summed E-state index contributed by atoms with van der Waals surface area (Å²) in [6.07, 6.45) is -6.39. The number of aliphatic hydroxyl groups is 7. The van der Waals surface area contributed by atoms with Crippen molar-refractivity contribution < 1.29 is 40.5 Å². The van der Waals surface area contributed by atoms with E-state index in [0.29, 0.717) is 0 Å². The van der Waals surface area contributed by atoms with Crippen molar-refractivity contribution in [2.45, 2.75) is 24.4 Å². The fourth-order valence-electron chi connectivity index (χ4n) is 0.671. The van der Waals surface area contributed by atoms with Crippen molar-refractivity contribution in [3.63, 3.8) is 0 Å². The van der Waals surface area contributed by atoms with E-state index in [1.54, 1.807) is 0 Å². The van der Waals surface area contributed by atoms with Gasteiger partial charge in [-0.05, 0) is 0 Å². The second-order valence-corrected chi connectivity index (χ2v) is 3.11. The summed E-state index contributed by atoms with van der Waals surface area (Å²) in [7, 11) is 0. The third-order valence-electron chi connectivity index (χ3n) is 1.67. The van der Waals surface area contributed by atoms with E-state index in [2.05, 4.69) is 5.73 Å². The van der Waals surface area contributed by atoms with Crippen molar-refractivity contribution in [2.24, 2.45) is 5.73 Å².